The van der Waals surface area contributed by atoms with E-state index in [1.807, 2.05) is 13.0 Å². The molecular formula is C24H29NO2S. The largest absolute Gasteiger partial charge is 0.465 e. The van der Waals surface area contributed by atoms with E-state index in [2.05, 4.69) is 53.4 Å². The predicted molar refractivity (Wildman–Crippen MR) is 114 cm³/mol. The topological polar surface area (TPSA) is 29.5 Å². The normalized spacial score (nSPS) is 19.3. The summed E-state index contributed by atoms with van der Waals surface area (Å²) in [4.78, 5) is 18.1. The van der Waals surface area contributed by atoms with Gasteiger partial charge >= 0.3 is 5.97 Å². The molecule has 0 atom stereocenters. The summed E-state index contributed by atoms with van der Waals surface area (Å²) in [5.41, 5.74) is 0.599. The monoisotopic (exact) mass is 395 g/mol. The molecule has 2 aromatic rings. The maximum atomic E-state index is 13.2. The summed E-state index contributed by atoms with van der Waals surface area (Å²) in [6, 6.07) is 18.8. The van der Waals surface area contributed by atoms with E-state index in [4.69, 9.17) is 4.74 Å². The number of rotatable bonds is 7. The first-order valence-electron chi connectivity index (χ1n) is 10.4. The number of hydrogen-bond donors (Lipinski definition) is 0. The Labute approximate surface area is 172 Å². The highest BCUT2D eigenvalue weighted by Crippen LogP contribution is 2.44. The van der Waals surface area contributed by atoms with Gasteiger partial charge in [0.1, 0.15) is 0 Å². The predicted octanol–water partition coefficient (Wildman–Crippen LogP) is 5.14. The number of benzene rings is 2. The van der Waals surface area contributed by atoms with E-state index in [1.165, 1.54) is 24.3 Å². The van der Waals surface area contributed by atoms with Crippen molar-refractivity contribution >= 4 is 17.7 Å². The minimum absolute atomic E-state index is 0.0535. The van der Waals surface area contributed by atoms with Crippen molar-refractivity contribution in [3.63, 3.8) is 0 Å². The van der Waals surface area contributed by atoms with Crippen LogP contribution in [0.3, 0.4) is 0 Å². The van der Waals surface area contributed by atoms with Crippen LogP contribution < -0.4 is 0 Å². The van der Waals surface area contributed by atoms with E-state index >= 15 is 0 Å². The number of hydrogen-bond acceptors (Lipinski definition) is 4. The van der Waals surface area contributed by atoms with Crippen LogP contribution in [-0.4, -0.2) is 37.1 Å². The summed E-state index contributed by atoms with van der Waals surface area (Å²) in [7, 11) is 0. The zero-order valence-corrected chi connectivity index (χ0v) is 17.4. The summed E-state index contributed by atoms with van der Waals surface area (Å²) in [6.07, 6.45) is 4.42. The van der Waals surface area contributed by atoms with Gasteiger partial charge < -0.3 is 9.64 Å². The third kappa shape index (κ3) is 4.28. The first-order valence-corrected chi connectivity index (χ1v) is 11.2. The lowest BCUT2D eigenvalue weighted by molar-refractivity contribution is -0.152. The molecule has 0 amide bonds. The van der Waals surface area contributed by atoms with E-state index in [1.54, 1.807) is 11.8 Å². The van der Waals surface area contributed by atoms with Gasteiger partial charge in [0.25, 0.3) is 0 Å². The molecule has 4 heteroatoms. The molecule has 1 saturated heterocycles. The molecule has 1 aliphatic heterocycles. The van der Waals surface area contributed by atoms with Crippen LogP contribution in [0.1, 0.15) is 38.2 Å². The Morgan fingerprint density at radius 2 is 1.75 bits per heavy atom. The summed E-state index contributed by atoms with van der Waals surface area (Å²) in [6.45, 7) is 5.47. The van der Waals surface area contributed by atoms with Gasteiger partial charge in [-0.2, -0.15) is 0 Å². The van der Waals surface area contributed by atoms with Gasteiger partial charge in [-0.15, -0.1) is 0 Å². The summed E-state index contributed by atoms with van der Waals surface area (Å²) >= 11 is 1.74. The highest BCUT2D eigenvalue weighted by molar-refractivity contribution is 7.99. The van der Waals surface area contributed by atoms with Crippen LogP contribution in [0.15, 0.2) is 64.4 Å². The number of ether oxygens (including phenoxy) is 1. The van der Waals surface area contributed by atoms with E-state index in [0.29, 0.717) is 6.61 Å². The van der Waals surface area contributed by atoms with Crippen molar-refractivity contribution in [2.45, 2.75) is 47.8 Å². The number of piperidine rings is 1. The second-order valence-electron chi connectivity index (χ2n) is 7.96. The van der Waals surface area contributed by atoms with Crippen LogP contribution in [0.4, 0.5) is 0 Å². The first-order chi connectivity index (χ1) is 13.7. The molecule has 1 aliphatic carbocycles. The van der Waals surface area contributed by atoms with Crippen molar-refractivity contribution in [3.05, 3.63) is 60.2 Å². The number of likely N-dealkylation sites (tertiary alicyclic amines) is 1. The first kappa shape index (κ1) is 19.5. The van der Waals surface area contributed by atoms with Crippen LogP contribution in [0, 0.1) is 5.92 Å². The molecule has 4 rings (SSSR count). The highest BCUT2D eigenvalue weighted by atomic mass is 32.2. The zero-order valence-electron chi connectivity index (χ0n) is 16.6. The zero-order chi connectivity index (χ0) is 19.4. The molecule has 2 aliphatic rings. The number of carbonyl (C=O) groups excluding carboxylic acids is 1. The lowest BCUT2D eigenvalue weighted by Gasteiger charge is -2.41. The molecule has 148 valence electrons. The standard InChI is InChI=1S/C24H29NO2S/c1-2-27-23(26)24(14-16-25(17-15-24)18-19-12-13-19)21-10-6-7-11-22(21)28-20-8-4-3-5-9-20/h3-11,19H,2,12-18H2,1H3. The Bertz CT molecular complexity index is 795. The molecule has 3 nitrogen and oxygen atoms in total. The lowest BCUT2D eigenvalue weighted by Crippen LogP contribution is -2.48. The van der Waals surface area contributed by atoms with Gasteiger partial charge in [-0.1, -0.05) is 48.2 Å². The van der Waals surface area contributed by atoms with Crippen LogP contribution in [0.5, 0.6) is 0 Å². The van der Waals surface area contributed by atoms with Crippen molar-refractivity contribution in [1.29, 1.82) is 0 Å². The van der Waals surface area contributed by atoms with Crippen molar-refractivity contribution < 1.29 is 9.53 Å². The molecular weight excluding hydrogens is 366 g/mol. The smallest absolute Gasteiger partial charge is 0.316 e. The van der Waals surface area contributed by atoms with Gasteiger partial charge in [-0.25, -0.2) is 0 Å². The third-order valence-electron chi connectivity index (χ3n) is 5.96. The fourth-order valence-corrected chi connectivity index (χ4v) is 5.27. The van der Waals surface area contributed by atoms with Gasteiger partial charge in [0.05, 0.1) is 12.0 Å². The van der Waals surface area contributed by atoms with Crippen LogP contribution >= 0.6 is 11.8 Å². The summed E-state index contributed by atoms with van der Waals surface area (Å²) in [5, 5.41) is 0. The van der Waals surface area contributed by atoms with E-state index < -0.39 is 5.41 Å². The van der Waals surface area contributed by atoms with Crippen molar-refractivity contribution in [2.24, 2.45) is 5.92 Å². The average Bonchev–Trinajstić information content (AvgIpc) is 3.54. The maximum absolute atomic E-state index is 13.2. The molecule has 0 radical (unpaired) electrons. The number of esters is 1. The third-order valence-corrected chi connectivity index (χ3v) is 7.05. The summed E-state index contributed by atoms with van der Waals surface area (Å²) in [5.74, 6) is 0.832. The molecule has 0 unspecified atom stereocenters. The fraction of sp³-hybridized carbons (Fsp3) is 0.458. The number of nitrogens with zero attached hydrogens (tertiary/aromatic N) is 1. The van der Waals surface area contributed by atoms with Crippen LogP contribution in [0.25, 0.3) is 0 Å². The minimum atomic E-state index is -0.533. The molecule has 28 heavy (non-hydrogen) atoms. The Kier molecular flexibility index (Phi) is 6.07. The second kappa shape index (κ2) is 8.71. The maximum Gasteiger partial charge on any atom is 0.316 e. The van der Waals surface area contributed by atoms with E-state index in [9.17, 15) is 4.79 Å². The molecule has 2 fully saturated rings. The minimum Gasteiger partial charge on any atom is -0.465 e. The Morgan fingerprint density at radius 1 is 1.07 bits per heavy atom. The molecule has 2 aromatic carbocycles. The quantitative estimate of drug-likeness (QED) is 0.607. The SMILES string of the molecule is CCOC(=O)C1(c2ccccc2Sc2ccccc2)CCN(CC2CC2)CC1. The molecule has 1 saturated carbocycles. The van der Waals surface area contributed by atoms with Crippen molar-refractivity contribution in [3.8, 4) is 0 Å². The van der Waals surface area contributed by atoms with Crippen LogP contribution in [0.2, 0.25) is 0 Å². The molecule has 0 aromatic heterocycles. The Hall–Kier alpha value is -1.78. The van der Waals surface area contributed by atoms with Crippen LogP contribution in [-0.2, 0) is 14.9 Å². The van der Waals surface area contributed by atoms with Crippen molar-refractivity contribution in [2.75, 3.05) is 26.2 Å². The highest BCUT2D eigenvalue weighted by Gasteiger charge is 2.46. The lowest BCUT2D eigenvalue weighted by atomic mass is 9.72. The van der Waals surface area contributed by atoms with Gasteiger partial charge in [-0.3, -0.25) is 4.79 Å². The van der Waals surface area contributed by atoms with Gasteiger partial charge in [-0.05, 0) is 75.4 Å². The van der Waals surface area contributed by atoms with Gasteiger partial charge in [0.2, 0.25) is 0 Å². The summed E-state index contributed by atoms with van der Waals surface area (Å²) < 4.78 is 5.61. The van der Waals surface area contributed by atoms with E-state index in [0.717, 1.165) is 42.3 Å². The number of carbonyl (C=O) groups is 1. The average molecular weight is 396 g/mol. The van der Waals surface area contributed by atoms with E-state index in [-0.39, 0.29) is 5.97 Å². The molecule has 0 spiro atoms. The van der Waals surface area contributed by atoms with Gasteiger partial charge in [0, 0.05) is 16.3 Å². The molecule has 0 N–H and O–H groups in total. The van der Waals surface area contributed by atoms with Crippen molar-refractivity contribution in [1.82, 2.24) is 4.90 Å². The molecule has 0 bridgehead atoms. The Morgan fingerprint density at radius 3 is 2.43 bits per heavy atom. The Balaban J connectivity index is 1.62. The fourth-order valence-electron chi connectivity index (χ4n) is 4.20. The van der Waals surface area contributed by atoms with Gasteiger partial charge in [0.15, 0.2) is 0 Å². The second-order valence-corrected chi connectivity index (χ2v) is 9.07. The molecule has 1 heterocycles.